The second-order valence-electron chi connectivity index (χ2n) is 4.85. The molecular weight excluding hydrogens is 333 g/mol. The van der Waals surface area contributed by atoms with Crippen LogP contribution in [0, 0.1) is 12.7 Å². The van der Waals surface area contributed by atoms with E-state index in [9.17, 15) is 9.18 Å². The number of benzene rings is 2. The second-order valence-corrected chi connectivity index (χ2v) is 5.70. The summed E-state index contributed by atoms with van der Waals surface area (Å²) in [6.45, 7) is 4.91. The van der Waals surface area contributed by atoms with Gasteiger partial charge in [0, 0.05) is 13.1 Å². The molecule has 2 nitrogen and oxygen atoms in total. The standard InChI is InChI=1S/C17H17BrFNO/c1-3-20(11-13-8-5-4-7-12(13)2)17(21)14-9-6-10-15(18)16(14)19/h4-10H,3,11H2,1-2H3. The molecule has 0 saturated heterocycles. The van der Waals surface area contributed by atoms with Crippen LogP contribution in [-0.2, 0) is 6.54 Å². The van der Waals surface area contributed by atoms with Crippen LogP contribution in [0.1, 0.15) is 28.4 Å². The molecule has 2 aromatic rings. The molecule has 0 spiro atoms. The Hall–Kier alpha value is -1.68. The highest BCUT2D eigenvalue weighted by Gasteiger charge is 2.19. The summed E-state index contributed by atoms with van der Waals surface area (Å²) in [7, 11) is 0. The van der Waals surface area contributed by atoms with Gasteiger partial charge < -0.3 is 4.90 Å². The molecule has 0 unspecified atom stereocenters. The third-order valence-corrected chi connectivity index (χ3v) is 4.09. The number of carbonyl (C=O) groups is 1. The number of hydrogen-bond acceptors (Lipinski definition) is 1. The predicted octanol–water partition coefficient (Wildman–Crippen LogP) is 4.56. The highest BCUT2D eigenvalue weighted by atomic mass is 79.9. The molecular formula is C17H17BrFNO. The van der Waals surface area contributed by atoms with Crippen LogP contribution in [-0.4, -0.2) is 17.4 Å². The predicted molar refractivity (Wildman–Crippen MR) is 85.7 cm³/mol. The average Bonchev–Trinajstić information content (AvgIpc) is 2.48. The Morgan fingerprint density at radius 3 is 2.57 bits per heavy atom. The maximum Gasteiger partial charge on any atom is 0.257 e. The van der Waals surface area contributed by atoms with Gasteiger partial charge in [-0.25, -0.2) is 4.39 Å². The first-order chi connectivity index (χ1) is 10.0. The van der Waals surface area contributed by atoms with Gasteiger partial charge in [-0.05, 0) is 53.0 Å². The molecule has 0 fully saturated rings. The van der Waals surface area contributed by atoms with E-state index in [2.05, 4.69) is 15.9 Å². The molecule has 0 radical (unpaired) electrons. The summed E-state index contributed by atoms with van der Waals surface area (Å²) in [6.07, 6.45) is 0. The van der Waals surface area contributed by atoms with Crippen LogP contribution in [0.4, 0.5) is 4.39 Å². The molecule has 1 amide bonds. The molecule has 4 heteroatoms. The zero-order valence-electron chi connectivity index (χ0n) is 12.1. The maximum absolute atomic E-state index is 14.1. The van der Waals surface area contributed by atoms with Gasteiger partial charge in [0.1, 0.15) is 5.82 Å². The van der Waals surface area contributed by atoms with Crippen LogP contribution in [0.2, 0.25) is 0 Å². The molecule has 0 bridgehead atoms. The number of amides is 1. The van der Waals surface area contributed by atoms with Crippen molar-refractivity contribution >= 4 is 21.8 Å². The first-order valence-corrected chi connectivity index (χ1v) is 7.61. The number of aryl methyl sites for hydroxylation is 1. The van der Waals surface area contributed by atoms with Crippen LogP contribution in [0.25, 0.3) is 0 Å². The van der Waals surface area contributed by atoms with Gasteiger partial charge in [0.2, 0.25) is 0 Å². The van der Waals surface area contributed by atoms with E-state index in [1.54, 1.807) is 17.0 Å². The van der Waals surface area contributed by atoms with E-state index in [0.29, 0.717) is 17.6 Å². The van der Waals surface area contributed by atoms with E-state index < -0.39 is 5.82 Å². The smallest absolute Gasteiger partial charge is 0.257 e. The van der Waals surface area contributed by atoms with Gasteiger partial charge in [0.05, 0.1) is 10.0 Å². The van der Waals surface area contributed by atoms with E-state index in [1.165, 1.54) is 6.07 Å². The van der Waals surface area contributed by atoms with Crippen LogP contribution in [0.15, 0.2) is 46.9 Å². The van der Waals surface area contributed by atoms with E-state index in [1.807, 2.05) is 38.1 Å². The Bertz CT molecular complexity index is 657. The summed E-state index contributed by atoms with van der Waals surface area (Å²) in [5.41, 5.74) is 2.29. The van der Waals surface area contributed by atoms with Gasteiger partial charge in [-0.15, -0.1) is 0 Å². The molecule has 0 aliphatic heterocycles. The molecule has 0 atom stereocenters. The highest BCUT2D eigenvalue weighted by Crippen LogP contribution is 2.21. The zero-order chi connectivity index (χ0) is 15.4. The lowest BCUT2D eigenvalue weighted by Gasteiger charge is -2.22. The minimum Gasteiger partial charge on any atom is -0.334 e. The third kappa shape index (κ3) is 3.50. The van der Waals surface area contributed by atoms with Gasteiger partial charge in [0.15, 0.2) is 0 Å². The molecule has 0 saturated carbocycles. The summed E-state index contributed by atoms with van der Waals surface area (Å²) >= 11 is 3.12. The SMILES string of the molecule is CCN(Cc1ccccc1C)C(=O)c1cccc(Br)c1F. The summed E-state index contributed by atoms with van der Waals surface area (Å²) in [5.74, 6) is -0.801. The van der Waals surface area contributed by atoms with Crippen LogP contribution >= 0.6 is 15.9 Å². The van der Waals surface area contributed by atoms with E-state index in [-0.39, 0.29) is 11.5 Å². The molecule has 21 heavy (non-hydrogen) atoms. The maximum atomic E-state index is 14.1. The van der Waals surface area contributed by atoms with E-state index in [0.717, 1.165) is 11.1 Å². The number of hydrogen-bond donors (Lipinski definition) is 0. The molecule has 0 aromatic heterocycles. The zero-order valence-corrected chi connectivity index (χ0v) is 13.7. The number of halogens is 2. The minimum atomic E-state index is -0.509. The Morgan fingerprint density at radius 2 is 1.90 bits per heavy atom. The quantitative estimate of drug-likeness (QED) is 0.792. The van der Waals surface area contributed by atoms with Crippen molar-refractivity contribution in [1.82, 2.24) is 4.90 Å². The molecule has 2 aromatic carbocycles. The van der Waals surface area contributed by atoms with Crippen molar-refractivity contribution in [2.45, 2.75) is 20.4 Å². The van der Waals surface area contributed by atoms with Gasteiger partial charge in [-0.2, -0.15) is 0 Å². The summed E-state index contributed by atoms with van der Waals surface area (Å²) in [5, 5.41) is 0. The molecule has 2 rings (SSSR count). The fourth-order valence-electron chi connectivity index (χ4n) is 2.16. The topological polar surface area (TPSA) is 20.3 Å². The van der Waals surface area contributed by atoms with Crippen LogP contribution < -0.4 is 0 Å². The van der Waals surface area contributed by atoms with E-state index in [4.69, 9.17) is 0 Å². The van der Waals surface area contributed by atoms with Crippen molar-refractivity contribution in [3.8, 4) is 0 Å². The van der Waals surface area contributed by atoms with Crippen molar-refractivity contribution in [1.29, 1.82) is 0 Å². The number of rotatable bonds is 4. The Morgan fingerprint density at radius 1 is 1.19 bits per heavy atom. The third-order valence-electron chi connectivity index (χ3n) is 3.47. The fraction of sp³-hybridized carbons (Fsp3) is 0.235. The largest absolute Gasteiger partial charge is 0.334 e. The van der Waals surface area contributed by atoms with Crippen molar-refractivity contribution in [3.63, 3.8) is 0 Å². The number of nitrogens with zero attached hydrogens (tertiary/aromatic N) is 1. The van der Waals surface area contributed by atoms with Gasteiger partial charge in [-0.3, -0.25) is 4.79 Å². The van der Waals surface area contributed by atoms with Crippen molar-refractivity contribution in [3.05, 3.63) is 69.4 Å². The number of carbonyl (C=O) groups excluding carboxylic acids is 1. The summed E-state index contributed by atoms with van der Waals surface area (Å²) in [6, 6.07) is 12.7. The van der Waals surface area contributed by atoms with Gasteiger partial charge in [0.25, 0.3) is 5.91 Å². The molecule has 0 aliphatic carbocycles. The van der Waals surface area contributed by atoms with Crippen LogP contribution in [0.3, 0.4) is 0 Å². The lowest BCUT2D eigenvalue weighted by Crippen LogP contribution is -2.31. The van der Waals surface area contributed by atoms with Crippen molar-refractivity contribution in [2.75, 3.05) is 6.54 Å². The fourth-order valence-corrected chi connectivity index (χ4v) is 2.53. The molecule has 0 N–H and O–H groups in total. The van der Waals surface area contributed by atoms with Crippen LogP contribution in [0.5, 0.6) is 0 Å². The lowest BCUT2D eigenvalue weighted by atomic mass is 10.1. The van der Waals surface area contributed by atoms with Crippen molar-refractivity contribution < 1.29 is 9.18 Å². The van der Waals surface area contributed by atoms with Crippen molar-refractivity contribution in [2.24, 2.45) is 0 Å². The molecule has 0 aliphatic rings. The second kappa shape index (κ2) is 6.85. The molecule has 0 heterocycles. The minimum absolute atomic E-state index is 0.0970. The molecule has 110 valence electrons. The van der Waals surface area contributed by atoms with Gasteiger partial charge in [-0.1, -0.05) is 30.3 Å². The highest BCUT2D eigenvalue weighted by molar-refractivity contribution is 9.10. The Kier molecular flexibility index (Phi) is 5.12. The summed E-state index contributed by atoms with van der Waals surface area (Å²) < 4.78 is 14.4. The first kappa shape index (κ1) is 15.7. The lowest BCUT2D eigenvalue weighted by molar-refractivity contribution is 0.0747. The Balaban J connectivity index is 2.27. The van der Waals surface area contributed by atoms with E-state index >= 15 is 0 Å². The normalized spacial score (nSPS) is 10.5. The average molecular weight is 350 g/mol. The monoisotopic (exact) mass is 349 g/mol. The Labute approximate surface area is 132 Å². The summed E-state index contributed by atoms with van der Waals surface area (Å²) in [4.78, 5) is 14.2. The first-order valence-electron chi connectivity index (χ1n) is 6.82. The van der Waals surface area contributed by atoms with Gasteiger partial charge >= 0.3 is 0 Å².